The zero-order chi connectivity index (χ0) is 10.9. The summed E-state index contributed by atoms with van der Waals surface area (Å²) in [6.45, 7) is 2.51. The highest BCUT2D eigenvalue weighted by atomic mass is 16.5. The summed E-state index contributed by atoms with van der Waals surface area (Å²) < 4.78 is 4.48. The van der Waals surface area contributed by atoms with Gasteiger partial charge in [-0.3, -0.25) is 4.90 Å². The lowest BCUT2D eigenvalue weighted by Gasteiger charge is -2.48. The Balaban J connectivity index is 1.73. The van der Waals surface area contributed by atoms with Crippen LogP contribution in [0, 0.1) is 5.41 Å². The normalized spacial score (nSPS) is 26.3. The summed E-state index contributed by atoms with van der Waals surface area (Å²) in [5, 5.41) is 9.47. The van der Waals surface area contributed by atoms with Gasteiger partial charge in [0.2, 0.25) is 0 Å². The number of aliphatic hydroxyl groups is 1. The number of nitrogens with zero attached hydrogens (tertiary/aromatic N) is 1. The molecule has 1 aliphatic heterocycles. The second-order valence-corrected chi connectivity index (χ2v) is 4.92. The monoisotopic (exact) mass is 213 g/mol. The van der Waals surface area contributed by atoms with Gasteiger partial charge in [-0.15, -0.1) is 0 Å². The number of aliphatic hydroxyl groups excluding tert-OH is 1. The van der Waals surface area contributed by atoms with Crippen molar-refractivity contribution in [3.8, 4) is 0 Å². The summed E-state index contributed by atoms with van der Waals surface area (Å²) in [6.07, 6.45) is 4.34. The van der Waals surface area contributed by atoms with Crippen molar-refractivity contribution < 1.29 is 14.6 Å². The second kappa shape index (κ2) is 4.10. The molecule has 0 aromatic carbocycles. The topological polar surface area (TPSA) is 49.8 Å². The van der Waals surface area contributed by atoms with E-state index in [1.807, 2.05) is 0 Å². The fourth-order valence-corrected chi connectivity index (χ4v) is 2.93. The Morgan fingerprint density at radius 3 is 2.60 bits per heavy atom. The average Bonchev–Trinajstić information content (AvgIpc) is 2.64. The molecule has 4 nitrogen and oxygen atoms in total. The number of ether oxygens (including phenoxy) is 1. The van der Waals surface area contributed by atoms with E-state index in [1.54, 1.807) is 0 Å². The van der Waals surface area contributed by atoms with Crippen LogP contribution in [0.2, 0.25) is 0 Å². The van der Waals surface area contributed by atoms with Crippen molar-refractivity contribution >= 4 is 5.97 Å². The van der Waals surface area contributed by atoms with Crippen molar-refractivity contribution in [2.75, 3.05) is 26.7 Å². The van der Waals surface area contributed by atoms with Gasteiger partial charge in [0.05, 0.1) is 7.11 Å². The van der Waals surface area contributed by atoms with Crippen LogP contribution < -0.4 is 0 Å². The fraction of sp³-hybridized carbons (Fsp3) is 0.909. The van der Waals surface area contributed by atoms with Crippen LogP contribution in [0.3, 0.4) is 0 Å². The van der Waals surface area contributed by atoms with Crippen LogP contribution in [0.25, 0.3) is 0 Å². The van der Waals surface area contributed by atoms with Gasteiger partial charge in [0, 0.05) is 19.6 Å². The van der Waals surface area contributed by atoms with Gasteiger partial charge in [-0.05, 0) is 18.3 Å². The molecule has 86 valence electrons. The first kappa shape index (κ1) is 10.9. The third-order valence-electron chi connectivity index (χ3n) is 3.69. The molecule has 15 heavy (non-hydrogen) atoms. The first-order chi connectivity index (χ1) is 7.15. The SMILES string of the molecule is COC(=O)C(O)CN1CC2(CCCC2)C1. The lowest BCUT2D eigenvalue weighted by molar-refractivity contribution is -0.153. The number of esters is 1. The molecule has 0 aromatic heterocycles. The number of carbonyl (C=O) groups excluding carboxylic acids is 1. The number of β-amino-alcohol motifs (C(OH)–C–C–N with tert-alkyl or cyclic N) is 1. The van der Waals surface area contributed by atoms with Crippen LogP contribution >= 0.6 is 0 Å². The Kier molecular flexibility index (Phi) is 2.98. The van der Waals surface area contributed by atoms with Crippen LogP contribution in [-0.4, -0.2) is 48.8 Å². The minimum absolute atomic E-state index is 0.425. The molecule has 1 saturated carbocycles. The predicted molar refractivity (Wildman–Crippen MR) is 55.4 cm³/mol. The van der Waals surface area contributed by atoms with E-state index in [0.29, 0.717) is 12.0 Å². The Morgan fingerprint density at radius 2 is 2.07 bits per heavy atom. The van der Waals surface area contributed by atoms with E-state index >= 15 is 0 Å². The van der Waals surface area contributed by atoms with E-state index in [4.69, 9.17) is 0 Å². The predicted octanol–water partition coefficient (Wildman–Crippen LogP) is 0.396. The quantitative estimate of drug-likeness (QED) is 0.689. The molecule has 0 amide bonds. The number of methoxy groups -OCH3 is 1. The van der Waals surface area contributed by atoms with Crippen molar-refractivity contribution in [3.05, 3.63) is 0 Å². The highest BCUT2D eigenvalue weighted by Crippen LogP contribution is 2.45. The summed E-state index contributed by atoms with van der Waals surface area (Å²) in [5.41, 5.74) is 0.524. The first-order valence-corrected chi connectivity index (χ1v) is 5.63. The first-order valence-electron chi connectivity index (χ1n) is 5.63. The van der Waals surface area contributed by atoms with Crippen molar-refractivity contribution in [1.82, 2.24) is 4.90 Å². The van der Waals surface area contributed by atoms with Crippen molar-refractivity contribution in [3.63, 3.8) is 0 Å². The number of hydrogen-bond acceptors (Lipinski definition) is 4. The largest absolute Gasteiger partial charge is 0.467 e. The lowest BCUT2D eigenvalue weighted by Crippen LogP contribution is -2.57. The summed E-state index contributed by atoms with van der Waals surface area (Å²) >= 11 is 0. The van der Waals surface area contributed by atoms with Crippen molar-refractivity contribution in [1.29, 1.82) is 0 Å². The van der Waals surface area contributed by atoms with Crippen LogP contribution in [0.1, 0.15) is 25.7 Å². The summed E-state index contributed by atoms with van der Waals surface area (Å²) in [4.78, 5) is 13.1. The van der Waals surface area contributed by atoms with E-state index < -0.39 is 12.1 Å². The van der Waals surface area contributed by atoms with Gasteiger partial charge >= 0.3 is 5.97 Å². The second-order valence-electron chi connectivity index (χ2n) is 4.92. The molecule has 1 saturated heterocycles. The van der Waals surface area contributed by atoms with Gasteiger partial charge in [-0.2, -0.15) is 0 Å². The van der Waals surface area contributed by atoms with Gasteiger partial charge in [0.15, 0.2) is 6.10 Å². The smallest absolute Gasteiger partial charge is 0.336 e. The van der Waals surface area contributed by atoms with E-state index in [0.717, 1.165) is 13.1 Å². The molecular formula is C11H19NO3. The summed E-state index contributed by atoms with van der Waals surface area (Å²) in [7, 11) is 1.31. The van der Waals surface area contributed by atoms with Crippen molar-refractivity contribution in [2.24, 2.45) is 5.41 Å². The van der Waals surface area contributed by atoms with Gasteiger partial charge < -0.3 is 9.84 Å². The minimum atomic E-state index is -0.978. The standard InChI is InChI=1S/C11H19NO3/c1-15-10(14)9(13)6-12-7-11(8-12)4-2-3-5-11/h9,13H,2-8H2,1H3. The molecular weight excluding hydrogens is 194 g/mol. The molecule has 1 aliphatic carbocycles. The molecule has 1 spiro atoms. The van der Waals surface area contributed by atoms with E-state index in [2.05, 4.69) is 9.64 Å². The zero-order valence-corrected chi connectivity index (χ0v) is 9.24. The average molecular weight is 213 g/mol. The molecule has 1 unspecified atom stereocenters. The van der Waals surface area contributed by atoms with Gasteiger partial charge in [0.25, 0.3) is 0 Å². The highest BCUT2D eigenvalue weighted by molar-refractivity contribution is 5.74. The molecule has 2 aliphatic rings. The van der Waals surface area contributed by atoms with Crippen LogP contribution in [0.5, 0.6) is 0 Å². The van der Waals surface area contributed by atoms with Crippen molar-refractivity contribution in [2.45, 2.75) is 31.8 Å². The van der Waals surface area contributed by atoms with Crippen LogP contribution in [0.4, 0.5) is 0 Å². The Labute approximate surface area is 90.2 Å². The number of carbonyl (C=O) groups is 1. The Hall–Kier alpha value is -0.610. The molecule has 0 radical (unpaired) electrons. The highest BCUT2D eigenvalue weighted by Gasteiger charge is 2.45. The maximum absolute atomic E-state index is 11.0. The molecule has 1 heterocycles. The molecule has 4 heteroatoms. The van der Waals surface area contributed by atoms with E-state index in [9.17, 15) is 9.90 Å². The third kappa shape index (κ3) is 2.16. The summed E-state index contributed by atoms with van der Waals surface area (Å²) in [6, 6.07) is 0. The number of hydrogen-bond donors (Lipinski definition) is 1. The molecule has 2 rings (SSSR count). The zero-order valence-electron chi connectivity index (χ0n) is 9.24. The molecule has 0 aromatic rings. The van der Waals surface area contributed by atoms with E-state index in [1.165, 1.54) is 32.8 Å². The molecule has 1 atom stereocenters. The third-order valence-corrected chi connectivity index (χ3v) is 3.69. The number of rotatable bonds is 3. The Bertz CT molecular complexity index is 240. The minimum Gasteiger partial charge on any atom is -0.467 e. The van der Waals surface area contributed by atoms with Crippen LogP contribution in [0.15, 0.2) is 0 Å². The van der Waals surface area contributed by atoms with Crippen LogP contribution in [-0.2, 0) is 9.53 Å². The Morgan fingerprint density at radius 1 is 1.47 bits per heavy atom. The fourth-order valence-electron chi connectivity index (χ4n) is 2.93. The maximum atomic E-state index is 11.0. The maximum Gasteiger partial charge on any atom is 0.336 e. The molecule has 1 N–H and O–H groups in total. The lowest BCUT2D eigenvalue weighted by atomic mass is 9.78. The van der Waals surface area contributed by atoms with Gasteiger partial charge in [-0.1, -0.05) is 12.8 Å². The summed E-state index contributed by atoms with van der Waals surface area (Å²) in [5.74, 6) is -0.526. The van der Waals surface area contributed by atoms with E-state index in [-0.39, 0.29) is 0 Å². The molecule has 0 bridgehead atoms. The molecule has 2 fully saturated rings. The number of likely N-dealkylation sites (tertiary alicyclic amines) is 1. The van der Waals surface area contributed by atoms with Gasteiger partial charge in [0.1, 0.15) is 0 Å². The van der Waals surface area contributed by atoms with Gasteiger partial charge in [-0.25, -0.2) is 4.79 Å².